The minimum atomic E-state index is -4.88. The summed E-state index contributed by atoms with van der Waals surface area (Å²) in [6.07, 6.45) is -8.11. The number of halogens is 6. The van der Waals surface area contributed by atoms with Crippen molar-refractivity contribution >= 4 is 5.78 Å². The summed E-state index contributed by atoms with van der Waals surface area (Å²) in [5.74, 6) is 4.99. The van der Waals surface area contributed by atoms with Crippen LogP contribution in [0.5, 0.6) is 0 Å². The third-order valence-electron chi connectivity index (χ3n) is 3.55. The second-order valence-electron chi connectivity index (χ2n) is 5.38. The molecule has 1 saturated carbocycles. The lowest BCUT2D eigenvalue weighted by atomic mass is 9.89. The van der Waals surface area contributed by atoms with Crippen LogP contribution in [-0.2, 0) is 17.1 Å². The molecule has 0 N–H and O–H groups in total. The molecular formula is C16H12F6O. The van der Waals surface area contributed by atoms with Gasteiger partial charge in [-0.15, -0.1) is 0 Å². The third kappa shape index (κ3) is 4.75. The normalized spacial score (nSPS) is 16.9. The van der Waals surface area contributed by atoms with E-state index >= 15 is 0 Å². The van der Waals surface area contributed by atoms with Crippen molar-refractivity contribution in [1.82, 2.24) is 0 Å². The van der Waals surface area contributed by atoms with Crippen LogP contribution in [0.4, 0.5) is 26.3 Å². The van der Waals surface area contributed by atoms with Crippen LogP contribution in [-0.4, -0.2) is 5.78 Å². The van der Waals surface area contributed by atoms with Gasteiger partial charge in [0.1, 0.15) is 5.78 Å². The van der Waals surface area contributed by atoms with Gasteiger partial charge in [-0.25, -0.2) is 0 Å². The van der Waals surface area contributed by atoms with Gasteiger partial charge in [0.05, 0.1) is 11.1 Å². The molecule has 1 aliphatic rings. The Labute approximate surface area is 128 Å². The van der Waals surface area contributed by atoms with Crippen LogP contribution < -0.4 is 0 Å². The molecule has 7 heteroatoms. The lowest BCUT2D eigenvalue weighted by Crippen LogP contribution is -2.12. The Hall–Kier alpha value is -1.97. The van der Waals surface area contributed by atoms with Gasteiger partial charge >= 0.3 is 12.4 Å². The van der Waals surface area contributed by atoms with E-state index in [9.17, 15) is 31.1 Å². The van der Waals surface area contributed by atoms with E-state index in [0.29, 0.717) is 37.8 Å². The van der Waals surface area contributed by atoms with Gasteiger partial charge in [0.25, 0.3) is 0 Å². The molecule has 1 fully saturated rings. The Kier molecular flexibility index (Phi) is 4.73. The maximum atomic E-state index is 12.7. The minimum Gasteiger partial charge on any atom is -0.300 e. The minimum absolute atomic E-state index is 0.0739. The molecule has 0 atom stereocenters. The molecule has 1 aromatic rings. The second-order valence-corrected chi connectivity index (χ2v) is 5.38. The molecule has 1 aromatic carbocycles. The first kappa shape index (κ1) is 17.4. The number of ketones is 1. The van der Waals surface area contributed by atoms with Crippen molar-refractivity contribution in [1.29, 1.82) is 0 Å². The monoisotopic (exact) mass is 334 g/mol. The van der Waals surface area contributed by atoms with E-state index in [1.807, 2.05) is 0 Å². The SMILES string of the molecule is O=C1CCC(C#Cc2cc(C(F)(F)F)cc(C(F)(F)F)c2)CC1. The Balaban J connectivity index is 2.33. The third-order valence-corrected chi connectivity index (χ3v) is 3.55. The highest BCUT2D eigenvalue weighted by atomic mass is 19.4. The van der Waals surface area contributed by atoms with Gasteiger partial charge < -0.3 is 0 Å². The van der Waals surface area contributed by atoms with E-state index in [-0.39, 0.29) is 23.3 Å². The largest absolute Gasteiger partial charge is 0.416 e. The fourth-order valence-corrected chi connectivity index (χ4v) is 2.30. The smallest absolute Gasteiger partial charge is 0.300 e. The molecule has 124 valence electrons. The van der Waals surface area contributed by atoms with Crippen LogP contribution in [0.25, 0.3) is 0 Å². The molecule has 0 spiro atoms. The van der Waals surface area contributed by atoms with Gasteiger partial charge in [0.15, 0.2) is 0 Å². The molecule has 1 nitrogen and oxygen atoms in total. The van der Waals surface area contributed by atoms with Gasteiger partial charge in [0.2, 0.25) is 0 Å². The standard InChI is InChI=1S/C16H12F6O/c17-15(18,19)12-7-11(8-13(9-12)16(20,21)22)2-1-10-3-5-14(23)6-4-10/h7-10H,3-6H2. The van der Waals surface area contributed by atoms with Crippen LogP contribution in [0.15, 0.2) is 18.2 Å². The maximum Gasteiger partial charge on any atom is 0.416 e. The molecule has 1 aliphatic carbocycles. The summed E-state index contributed by atoms with van der Waals surface area (Å²) in [6, 6.07) is 1.29. The molecule has 0 amide bonds. The fraction of sp³-hybridized carbons (Fsp3) is 0.438. The summed E-state index contributed by atoms with van der Waals surface area (Å²) in [4.78, 5) is 11.1. The van der Waals surface area contributed by atoms with Crippen molar-refractivity contribution < 1.29 is 31.1 Å². The number of rotatable bonds is 0. The first-order chi connectivity index (χ1) is 10.6. The lowest BCUT2D eigenvalue weighted by Gasteiger charge is -2.15. The van der Waals surface area contributed by atoms with Crippen molar-refractivity contribution in [2.24, 2.45) is 5.92 Å². The van der Waals surface area contributed by atoms with Crippen molar-refractivity contribution in [2.75, 3.05) is 0 Å². The topological polar surface area (TPSA) is 17.1 Å². The summed E-state index contributed by atoms with van der Waals surface area (Å²) in [7, 11) is 0. The number of carbonyl (C=O) groups excluding carboxylic acids is 1. The number of Topliss-reactive ketones (excluding diaryl/α,β-unsaturated/α-hetero) is 1. The van der Waals surface area contributed by atoms with Gasteiger partial charge in [0, 0.05) is 24.3 Å². The number of alkyl halides is 6. The van der Waals surface area contributed by atoms with Crippen molar-refractivity contribution in [3.8, 4) is 11.8 Å². The van der Waals surface area contributed by atoms with E-state index in [4.69, 9.17) is 0 Å². The molecule has 0 aromatic heterocycles. The van der Waals surface area contributed by atoms with Crippen LogP contribution in [0, 0.1) is 17.8 Å². The number of hydrogen-bond acceptors (Lipinski definition) is 1. The zero-order chi connectivity index (χ0) is 17.3. The molecule has 0 saturated heterocycles. The zero-order valence-electron chi connectivity index (χ0n) is 11.8. The molecular weight excluding hydrogens is 322 g/mol. The van der Waals surface area contributed by atoms with Crippen molar-refractivity contribution in [2.45, 2.75) is 38.0 Å². The van der Waals surface area contributed by atoms with Crippen LogP contribution in [0.3, 0.4) is 0 Å². The highest BCUT2D eigenvalue weighted by Crippen LogP contribution is 2.36. The van der Waals surface area contributed by atoms with Crippen LogP contribution in [0.2, 0.25) is 0 Å². The van der Waals surface area contributed by atoms with Gasteiger partial charge in [-0.3, -0.25) is 4.79 Å². The molecule has 0 bridgehead atoms. The van der Waals surface area contributed by atoms with Crippen LogP contribution >= 0.6 is 0 Å². The Morgan fingerprint density at radius 2 is 1.35 bits per heavy atom. The van der Waals surface area contributed by atoms with E-state index in [0.717, 1.165) is 0 Å². The molecule has 0 heterocycles. The zero-order valence-corrected chi connectivity index (χ0v) is 11.8. The van der Waals surface area contributed by atoms with Gasteiger partial charge in [-0.1, -0.05) is 11.8 Å². The summed E-state index contributed by atoms with van der Waals surface area (Å²) in [5, 5.41) is 0. The van der Waals surface area contributed by atoms with Gasteiger partial charge in [-0.05, 0) is 31.0 Å². The van der Waals surface area contributed by atoms with E-state index in [1.165, 1.54) is 0 Å². The Morgan fingerprint density at radius 3 is 1.78 bits per heavy atom. The number of carbonyl (C=O) groups is 1. The van der Waals surface area contributed by atoms with Crippen molar-refractivity contribution in [3.05, 3.63) is 34.9 Å². The molecule has 0 aliphatic heterocycles. The molecule has 0 unspecified atom stereocenters. The van der Waals surface area contributed by atoms with E-state index < -0.39 is 23.5 Å². The fourth-order valence-electron chi connectivity index (χ4n) is 2.30. The van der Waals surface area contributed by atoms with E-state index in [2.05, 4.69) is 11.8 Å². The predicted octanol–water partition coefficient (Wildman–Crippen LogP) is 4.84. The lowest BCUT2D eigenvalue weighted by molar-refractivity contribution is -0.143. The average molecular weight is 334 g/mol. The van der Waals surface area contributed by atoms with E-state index in [1.54, 1.807) is 0 Å². The molecule has 2 rings (SSSR count). The summed E-state index contributed by atoms with van der Waals surface area (Å²) in [6.45, 7) is 0. The molecule has 0 radical (unpaired) electrons. The maximum absolute atomic E-state index is 12.7. The summed E-state index contributed by atoms with van der Waals surface area (Å²) >= 11 is 0. The highest BCUT2D eigenvalue weighted by molar-refractivity contribution is 5.79. The second kappa shape index (κ2) is 6.26. The summed E-state index contributed by atoms with van der Waals surface area (Å²) < 4.78 is 76.3. The van der Waals surface area contributed by atoms with Gasteiger partial charge in [-0.2, -0.15) is 26.3 Å². The number of hydrogen-bond donors (Lipinski definition) is 0. The van der Waals surface area contributed by atoms with Crippen molar-refractivity contribution in [3.63, 3.8) is 0 Å². The quantitative estimate of drug-likeness (QED) is 0.490. The summed E-state index contributed by atoms with van der Waals surface area (Å²) in [5.41, 5.74) is -3.09. The predicted molar refractivity (Wildman–Crippen MR) is 70.3 cm³/mol. The molecule has 23 heavy (non-hydrogen) atoms. The number of benzene rings is 1. The van der Waals surface area contributed by atoms with Crippen LogP contribution in [0.1, 0.15) is 42.4 Å². The highest BCUT2D eigenvalue weighted by Gasteiger charge is 2.36. The Bertz CT molecular complexity index is 618. The Morgan fingerprint density at radius 1 is 0.870 bits per heavy atom. The first-order valence-electron chi connectivity index (χ1n) is 6.88. The first-order valence-corrected chi connectivity index (χ1v) is 6.88. The average Bonchev–Trinajstić information content (AvgIpc) is 2.44.